The molecule has 5 nitrogen and oxygen atoms in total. The number of anilines is 1. The van der Waals surface area contributed by atoms with Crippen molar-refractivity contribution in [3.63, 3.8) is 0 Å². The number of nitrogens with zero attached hydrogens (tertiary/aromatic N) is 3. The molecule has 1 aromatic heterocycles. The number of thiazole rings is 1. The van der Waals surface area contributed by atoms with E-state index in [4.69, 9.17) is 4.98 Å². The molecule has 1 N–H and O–H groups in total. The van der Waals surface area contributed by atoms with E-state index in [-0.39, 0.29) is 12.1 Å². The van der Waals surface area contributed by atoms with E-state index in [9.17, 15) is 4.79 Å². The maximum absolute atomic E-state index is 13.2. The number of benzene rings is 3. The van der Waals surface area contributed by atoms with Gasteiger partial charge in [-0.25, -0.2) is 9.78 Å². The van der Waals surface area contributed by atoms with Crippen LogP contribution in [0.4, 0.5) is 9.93 Å². The number of fused-ring (bicyclic) bond motifs is 1. The van der Waals surface area contributed by atoms with Crippen molar-refractivity contribution in [1.82, 2.24) is 15.2 Å². The fraction of sp³-hybridized carbons (Fsp3) is 0.259. The lowest BCUT2D eigenvalue weighted by atomic mass is 9.99. The van der Waals surface area contributed by atoms with Crippen LogP contribution in [-0.4, -0.2) is 42.1 Å². The van der Waals surface area contributed by atoms with E-state index >= 15 is 0 Å². The first-order valence-corrected chi connectivity index (χ1v) is 12.2. The minimum absolute atomic E-state index is 0.0249. The number of nitrogens with one attached hydrogen (secondary N) is 1. The van der Waals surface area contributed by atoms with Gasteiger partial charge in [0, 0.05) is 26.2 Å². The summed E-state index contributed by atoms with van der Waals surface area (Å²) in [6, 6.07) is 24.5. The van der Waals surface area contributed by atoms with Gasteiger partial charge < -0.3 is 15.1 Å². The SMILES string of the molecule is Cc1cc(C)c2sc(N3CCN(C(=O)NC(c4ccccc4)c4ccccc4)CC3)nc2c1. The van der Waals surface area contributed by atoms with E-state index in [0.717, 1.165) is 34.9 Å². The molecule has 2 heterocycles. The highest BCUT2D eigenvalue weighted by molar-refractivity contribution is 7.22. The summed E-state index contributed by atoms with van der Waals surface area (Å²) in [5, 5.41) is 4.31. The molecule has 33 heavy (non-hydrogen) atoms. The summed E-state index contributed by atoms with van der Waals surface area (Å²) < 4.78 is 1.25. The van der Waals surface area contributed by atoms with Gasteiger partial charge in [-0.1, -0.05) is 78.1 Å². The Morgan fingerprint density at radius 3 is 2.12 bits per heavy atom. The first kappa shape index (κ1) is 21.5. The number of carbonyl (C=O) groups excluding carboxylic acids is 1. The zero-order valence-electron chi connectivity index (χ0n) is 19.0. The smallest absolute Gasteiger partial charge is 0.318 e. The molecule has 0 saturated carbocycles. The van der Waals surface area contributed by atoms with Crippen LogP contribution in [0.25, 0.3) is 10.2 Å². The summed E-state index contributed by atoms with van der Waals surface area (Å²) in [6.07, 6.45) is 0. The molecule has 1 fully saturated rings. The molecule has 1 aliphatic heterocycles. The van der Waals surface area contributed by atoms with Gasteiger partial charge in [-0.15, -0.1) is 0 Å². The van der Waals surface area contributed by atoms with Crippen molar-refractivity contribution in [3.8, 4) is 0 Å². The maximum Gasteiger partial charge on any atom is 0.318 e. The molecule has 5 rings (SSSR count). The summed E-state index contributed by atoms with van der Waals surface area (Å²) in [7, 11) is 0. The Morgan fingerprint density at radius 1 is 0.909 bits per heavy atom. The molecule has 168 valence electrons. The van der Waals surface area contributed by atoms with Gasteiger partial charge in [-0.05, 0) is 42.2 Å². The number of piperazine rings is 1. The van der Waals surface area contributed by atoms with Gasteiger partial charge in [0.05, 0.1) is 16.3 Å². The number of amides is 2. The first-order valence-electron chi connectivity index (χ1n) is 11.4. The lowest BCUT2D eigenvalue weighted by Crippen LogP contribution is -2.52. The summed E-state index contributed by atoms with van der Waals surface area (Å²) in [6.45, 7) is 7.18. The van der Waals surface area contributed by atoms with Gasteiger partial charge in [0.15, 0.2) is 5.13 Å². The number of hydrogen-bond donors (Lipinski definition) is 1. The fourth-order valence-electron chi connectivity index (χ4n) is 4.47. The number of urea groups is 1. The first-order chi connectivity index (χ1) is 16.1. The van der Waals surface area contributed by atoms with Gasteiger partial charge >= 0.3 is 6.03 Å². The van der Waals surface area contributed by atoms with E-state index in [1.54, 1.807) is 11.3 Å². The highest BCUT2D eigenvalue weighted by atomic mass is 32.1. The third-order valence-corrected chi connectivity index (χ3v) is 7.45. The Labute approximate surface area is 198 Å². The van der Waals surface area contributed by atoms with E-state index in [0.29, 0.717) is 13.1 Å². The minimum Gasteiger partial charge on any atom is -0.345 e. The zero-order chi connectivity index (χ0) is 22.8. The predicted octanol–water partition coefficient (Wildman–Crippen LogP) is 5.53. The van der Waals surface area contributed by atoms with Gasteiger partial charge in [-0.3, -0.25) is 0 Å². The van der Waals surface area contributed by atoms with E-state index in [1.807, 2.05) is 41.3 Å². The van der Waals surface area contributed by atoms with E-state index in [2.05, 4.69) is 60.5 Å². The summed E-state index contributed by atoms with van der Waals surface area (Å²) in [5.74, 6) is 0. The van der Waals surface area contributed by atoms with Crippen molar-refractivity contribution >= 4 is 32.7 Å². The molecule has 0 atom stereocenters. The van der Waals surface area contributed by atoms with Crippen LogP contribution in [0.3, 0.4) is 0 Å². The molecule has 2 amide bonds. The average molecular weight is 457 g/mol. The van der Waals surface area contributed by atoms with Crippen LogP contribution in [0.15, 0.2) is 72.8 Å². The van der Waals surface area contributed by atoms with Crippen LogP contribution >= 0.6 is 11.3 Å². The summed E-state index contributed by atoms with van der Waals surface area (Å²) in [5.41, 5.74) is 5.75. The average Bonchev–Trinajstić information content (AvgIpc) is 3.28. The Morgan fingerprint density at radius 2 is 1.52 bits per heavy atom. The summed E-state index contributed by atoms with van der Waals surface area (Å²) in [4.78, 5) is 22.3. The summed E-state index contributed by atoms with van der Waals surface area (Å²) >= 11 is 1.75. The fourth-order valence-corrected chi connectivity index (χ4v) is 5.53. The second-order valence-electron chi connectivity index (χ2n) is 8.60. The Hall–Kier alpha value is -3.38. The molecule has 1 saturated heterocycles. The lowest BCUT2D eigenvalue weighted by molar-refractivity contribution is 0.192. The molecule has 0 unspecified atom stereocenters. The van der Waals surface area contributed by atoms with Crippen LogP contribution in [0.1, 0.15) is 28.3 Å². The van der Waals surface area contributed by atoms with Gasteiger partial charge in [-0.2, -0.15) is 0 Å². The standard InChI is InChI=1S/C27H28N4OS/c1-19-17-20(2)25-23(18-19)28-27(33-25)31-15-13-30(14-16-31)26(32)29-24(21-9-5-3-6-10-21)22-11-7-4-8-12-22/h3-12,17-18,24H,13-16H2,1-2H3,(H,29,32). The molecule has 6 heteroatoms. The number of aryl methyl sites for hydroxylation is 2. The number of aromatic nitrogens is 1. The minimum atomic E-state index is -0.173. The van der Waals surface area contributed by atoms with Crippen LogP contribution in [-0.2, 0) is 0 Å². The number of carbonyl (C=O) groups is 1. The van der Waals surface area contributed by atoms with E-state index in [1.165, 1.54) is 15.8 Å². The second-order valence-corrected chi connectivity index (χ2v) is 9.58. The maximum atomic E-state index is 13.2. The van der Waals surface area contributed by atoms with Gasteiger partial charge in [0.1, 0.15) is 0 Å². The third kappa shape index (κ3) is 4.57. The van der Waals surface area contributed by atoms with Crippen molar-refractivity contribution in [1.29, 1.82) is 0 Å². The Bertz CT molecular complexity index is 1210. The molecular weight excluding hydrogens is 428 g/mol. The molecule has 0 spiro atoms. The predicted molar refractivity (Wildman–Crippen MR) is 136 cm³/mol. The molecule has 4 aromatic rings. The highest BCUT2D eigenvalue weighted by Crippen LogP contribution is 2.32. The van der Waals surface area contributed by atoms with Crippen LogP contribution in [0.2, 0.25) is 0 Å². The Balaban J connectivity index is 1.28. The largest absolute Gasteiger partial charge is 0.345 e. The van der Waals surface area contributed by atoms with Gasteiger partial charge in [0.25, 0.3) is 0 Å². The molecular formula is C27H28N4OS. The third-order valence-electron chi connectivity index (χ3n) is 6.18. The number of rotatable bonds is 4. The molecule has 0 radical (unpaired) electrons. The lowest BCUT2D eigenvalue weighted by Gasteiger charge is -2.35. The quantitative estimate of drug-likeness (QED) is 0.439. The van der Waals surface area contributed by atoms with Crippen LogP contribution < -0.4 is 10.2 Å². The van der Waals surface area contributed by atoms with Crippen LogP contribution in [0, 0.1) is 13.8 Å². The van der Waals surface area contributed by atoms with Gasteiger partial charge in [0.2, 0.25) is 0 Å². The zero-order valence-corrected chi connectivity index (χ0v) is 19.8. The van der Waals surface area contributed by atoms with Crippen molar-refractivity contribution in [2.24, 2.45) is 0 Å². The second kappa shape index (κ2) is 9.24. The monoisotopic (exact) mass is 456 g/mol. The van der Waals surface area contributed by atoms with E-state index < -0.39 is 0 Å². The molecule has 0 bridgehead atoms. The molecule has 0 aliphatic carbocycles. The van der Waals surface area contributed by atoms with Crippen molar-refractivity contribution in [2.75, 3.05) is 31.1 Å². The van der Waals surface area contributed by atoms with Crippen molar-refractivity contribution in [3.05, 3.63) is 95.1 Å². The normalized spacial score (nSPS) is 14.2. The van der Waals surface area contributed by atoms with Crippen LogP contribution in [0.5, 0.6) is 0 Å². The van der Waals surface area contributed by atoms with Crippen molar-refractivity contribution in [2.45, 2.75) is 19.9 Å². The molecule has 3 aromatic carbocycles. The van der Waals surface area contributed by atoms with Crippen molar-refractivity contribution < 1.29 is 4.79 Å². The topological polar surface area (TPSA) is 48.5 Å². The number of hydrogen-bond acceptors (Lipinski definition) is 4. The highest BCUT2D eigenvalue weighted by Gasteiger charge is 2.26. The molecule has 1 aliphatic rings. The Kier molecular flexibility index (Phi) is 6.01.